The molecule has 4 rings (SSSR count). The van der Waals surface area contributed by atoms with Crippen LogP contribution in [0.15, 0.2) is 48.2 Å². The monoisotopic (exact) mass is 427 g/mol. The van der Waals surface area contributed by atoms with Crippen molar-refractivity contribution in [1.82, 2.24) is 10.3 Å². The number of benzene rings is 2. The molecule has 1 atom stereocenters. The molecule has 0 bridgehead atoms. The highest BCUT2D eigenvalue weighted by molar-refractivity contribution is 6.31. The van der Waals surface area contributed by atoms with Gasteiger partial charge in [-0.05, 0) is 67.3 Å². The Bertz CT molecular complexity index is 1010. The zero-order valence-electron chi connectivity index (χ0n) is 17.0. The fraction of sp³-hybridized carbons (Fsp3) is 0.304. The number of nitrogens with one attached hydrogen (secondary N) is 2. The Balaban J connectivity index is 1.79. The number of nitrogens with two attached hydrogens (primary N) is 2. The summed E-state index contributed by atoms with van der Waals surface area (Å²) in [4.78, 5) is 0. The first kappa shape index (κ1) is 20.7. The quantitative estimate of drug-likeness (QED) is 0.551. The van der Waals surface area contributed by atoms with Gasteiger partial charge in [0.15, 0.2) is 0 Å². The van der Waals surface area contributed by atoms with Gasteiger partial charge in [0.2, 0.25) is 0 Å². The lowest BCUT2D eigenvalue weighted by Crippen LogP contribution is -2.31. The number of hydrazine groups is 1. The number of fused-ring (bicyclic) bond motifs is 1. The summed E-state index contributed by atoms with van der Waals surface area (Å²) < 4.78 is 13.6. The molecule has 0 amide bonds. The molecule has 2 aromatic rings. The fourth-order valence-electron chi connectivity index (χ4n) is 4.22. The van der Waals surface area contributed by atoms with Crippen molar-refractivity contribution in [3.63, 3.8) is 0 Å². The third kappa shape index (κ3) is 4.17. The van der Waals surface area contributed by atoms with Crippen LogP contribution in [0.4, 0.5) is 10.1 Å². The van der Waals surface area contributed by atoms with Gasteiger partial charge in [0.1, 0.15) is 5.82 Å². The van der Waals surface area contributed by atoms with Gasteiger partial charge >= 0.3 is 0 Å². The first-order valence-electron chi connectivity index (χ1n) is 10.2. The molecular weight excluding hydrogens is 401 g/mol. The zero-order valence-corrected chi connectivity index (χ0v) is 17.8. The zero-order chi connectivity index (χ0) is 21.3. The van der Waals surface area contributed by atoms with Crippen molar-refractivity contribution in [2.24, 2.45) is 11.6 Å². The van der Waals surface area contributed by atoms with E-state index in [-0.39, 0.29) is 11.1 Å². The molecule has 6 N–H and O–H groups in total. The molecule has 0 fully saturated rings. The minimum atomic E-state index is -0.430. The van der Waals surface area contributed by atoms with Gasteiger partial charge in [-0.15, -0.1) is 0 Å². The number of allylic oxidation sites excluding steroid dienone is 1. The molecule has 158 valence electrons. The molecule has 0 saturated carbocycles. The van der Waals surface area contributed by atoms with Crippen LogP contribution in [-0.4, -0.2) is 24.6 Å². The lowest BCUT2D eigenvalue weighted by molar-refractivity contribution is 0.402. The van der Waals surface area contributed by atoms with E-state index in [2.05, 4.69) is 34.9 Å². The minimum Gasteiger partial charge on any atom is -0.401 e. The highest BCUT2D eigenvalue weighted by Gasteiger charge is 2.26. The van der Waals surface area contributed by atoms with Gasteiger partial charge in [-0.1, -0.05) is 29.8 Å². The van der Waals surface area contributed by atoms with Crippen LogP contribution in [0, 0.1) is 5.82 Å². The summed E-state index contributed by atoms with van der Waals surface area (Å²) in [6.07, 6.45) is 4.00. The van der Waals surface area contributed by atoms with Crippen molar-refractivity contribution in [1.29, 1.82) is 0 Å². The molecule has 2 aliphatic rings. The van der Waals surface area contributed by atoms with Gasteiger partial charge in [0.25, 0.3) is 0 Å². The molecule has 0 aromatic heterocycles. The number of hydrogen-bond acceptors (Lipinski definition) is 5. The van der Waals surface area contributed by atoms with Crippen LogP contribution in [0.25, 0.3) is 11.3 Å². The van der Waals surface area contributed by atoms with E-state index >= 15 is 0 Å². The number of nitrogens with zero attached hydrogens (tertiary/aromatic N) is 1. The summed E-state index contributed by atoms with van der Waals surface area (Å²) in [5.74, 6) is 5.92. The molecular formula is C23H27ClFN5. The lowest BCUT2D eigenvalue weighted by atomic mass is 9.91. The van der Waals surface area contributed by atoms with Crippen LogP contribution in [0.2, 0.25) is 5.02 Å². The molecule has 2 aromatic carbocycles. The summed E-state index contributed by atoms with van der Waals surface area (Å²) in [7, 11) is 0. The third-order valence-corrected chi connectivity index (χ3v) is 5.99. The Labute approximate surface area is 181 Å². The van der Waals surface area contributed by atoms with E-state index in [9.17, 15) is 4.39 Å². The van der Waals surface area contributed by atoms with Crippen LogP contribution in [0.5, 0.6) is 0 Å². The summed E-state index contributed by atoms with van der Waals surface area (Å²) in [5, 5.41) is 8.70. The molecule has 0 saturated heterocycles. The predicted octanol–water partition coefficient (Wildman–Crippen LogP) is 4.24. The molecule has 0 aliphatic carbocycles. The van der Waals surface area contributed by atoms with Crippen molar-refractivity contribution in [2.75, 3.05) is 25.0 Å². The van der Waals surface area contributed by atoms with Crippen molar-refractivity contribution < 1.29 is 4.39 Å². The Hall–Kier alpha value is -2.54. The molecule has 30 heavy (non-hydrogen) atoms. The Morgan fingerprint density at radius 2 is 2.10 bits per heavy atom. The van der Waals surface area contributed by atoms with Gasteiger partial charge < -0.3 is 21.4 Å². The topological polar surface area (TPSA) is 79.3 Å². The van der Waals surface area contributed by atoms with Crippen molar-refractivity contribution in [3.8, 4) is 0 Å². The number of halogens is 2. The van der Waals surface area contributed by atoms with Crippen molar-refractivity contribution in [3.05, 3.63) is 75.7 Å². The predicted molar refractivity (Wildman–Crippen MR) is 122 cm³/mol. The van der Waals surface area contributed by atoms with Gasteiger partial charge in [0, 0.05) is 30.0 Å². The van der Waals surface area contributed by atoms with Crippen LogP contribution in [0.1, 0.15) is 42.5 Å². The fourth-order valence-corrected chi connectivity index (χ4v) is 4.40. The van der Waals surface area contributed by atoms with E-state index in [0.29, 0.717) is 12.2 Å². The number of rotatable bonds is 3. The summed E-state index contributed by atoms with van der Waals surface area (Å²) in [6.45, 7) is 4.36. The van der Waals surface area contributed by atoms with Gasteiger partial charge in [-0.2, -0.15) is 0 Å². The van der Waals surface area contributed by atoms with Gasteiger partial charge in [-0.25, -0.2) is 10.2 Å². The van der Waals surface area contributed by atoms with E-state index < -0.39 is 5.82 Å². The average molecular weight is 428 g/mol. The largest absolute Gasteiger partial charge is 0.401 e. The SMILES string of the molecule is C/C(N)=C1\c2ccc(C3=CCNCC3)cc2C(Nc2ccc(F)c(Cl)c2)CCN1N. The van der Waals surface area contributed by atoms with Gasteiger partial charge in [-0.3, -0.25) is 0 Å². The molecule has 5 nitrogen and oxygen atoms in total. The highest BCUT2D eigenvalue weighted by atomic mass is 35.5. The molecule has 2 aliphatic heterocycles. The van der Waals surface area contributed by atoms with Crippen LogP contribution >= 0.6 is 11.6 Å². The summed E-state index contributed by atoms with van der Waals surface area (Å²) >= 11 is 6.00. The molecule has 1 unspecified atom stereocenters. The second kappa shape index (κ2) is 8.68. The Morgan fingerprint density at radius 3 is 2.80 bits per heavy atom. The number of hydrogen-bond donors (Lipinski definition) is 4. The number of anilines is 1. The van der Waals surface area contributed by atoms with E-state index in [1.807, 2.05) is 6.92 Å². The average Bonchev–Trinajstić information content (AvgIpc) is 2.87. The van der Waals surface area contributed by atoms with E-state index in [0.717, 1.165) is 48.4 Å². The second-order valence-corrected chi connectivity index (χ2v) is 8.23. The van der Waals surface area contributed by atoms with Gasteiger partial charge in [0.05, 0.1) is 16.8 Å². The lowest BCUT2D eigenvalue weighted by Gasteiger charge is -2.23. The third-order valence-electron chi connectivity index (χ3n) is 5.70. The second-order valence-electron chi connectivity index (χ2n) is 7.83. The smallest absolute Gasteiger partial charge is 0.141 e. The van der Waals surface area contributed by atoms with Crippen molar-refractivity contribution >= 4 is 28.6 Å². The Morgan fingerprint density at radius 1 is 1.27 bits per heavy atom. The standard InChI is InChI=1S/C23H27ClFN5/c1-14(26)23-18-4-2-16(15-6-9-28-10-7-15)12-19(18)22(8-11-30(23)27)29-17-3-5-21(25)20(24)13-17/h2-6,12-13,22,28-29H,7-11,26-27H2,1H3/b23-14-. The maximum Gasteiger partial charge on any atom is 0.141 e. The highest BCUT2D eigenvalue weighted by Crippen LogP contribution is 2.37. The maximum atomic E-state index is 13.6. The van der Waals surface area contributed by atoms with Crippen LogP contribution in [-0.2, 0) is 0 Å². The Kier molecular flexibility index (Phi) is 5.99. The molecule has 0 radical (unpaired) electrons. The summed E-state index contributed by atoms with van der Waals surface area (Å²) in [6, 6.07) is 11.2. The van der Waals surface area contributed by atoms with E-state index in [1.54, 1.807) is 17.1 Å². The maximum absolute atomic E-state index is 13.6. The van der Waals surface area contributed by atoms with Crippen LogP contribution in [0.3, 0.4) is 0 Å². The first-order chi connectivity index (χ1) is 14.4. The van der Waals surface area contributed by atoms with E-state index in [4.69, 9.17) is 23.2 Å². The summed E-state index contributed by atoms with van der Waals surface area (Å²) in [5.41, 5.74) is 13.2. The van der Waals surface area contributed by atoms with Crippen LogP contribution < -0.4 is 22.2 Å². The van der Waals surface area contributed by atoms with E-state index in [1.165, 1.54) is 17.2 Å². The van der Waals surface area contributed by atoms with Crippen molar-refractivity contribution in [2.45, 2.75) is 25.8 Å². The minimum absolute atomic E-state index is 0.0216. The molecule has 7 heteroatoms. The first-order valence-corrected chi connectivity index (χ1v) is 10.6. The normalized spacial score (nSPS) is 20.9. The molecule has 2 heterocycles. The molecule has 0 spiro atoms.